The lowest BCUT2D eigenvalue weighted by Gasteiger charge is -2.30. The van der Waals surface area contributed by atoms with Crippen LogP contribution in [0.5, 0.6) is 0 Å². The summed E-state index contributed by atoms with van der Waals surface area (Å²) in [6, 6.07) is -0.584. The van der Waals surface area contributed by atoms with Crippen LogP contribution in [0.2, 0.25) is 0 Å². The number of nitrogens with zero attached hydrogens (tertiary/aromatic N) is 3. The fourth-order valence-electron chi connectivity index (χ4n) is 3.36. The van der Waals surface area contributed by atoms with Gasteiger partial charge in [0.2, 0.25) is 11.8 Å². The van der Waals surface area contributed by atoms with Gasteiger partial charge in [-0.3, -0.25) is 19.7 Å². The quantitative estimate of drug-likeness (QED) is 0.494. The molecule has 1 atom stereocenters. The number of amides is 3. The fourth-order valence-corrected chi connectivity index (χ4v) is 3.36. The van der Waals surface area contributed by atoms with Gasteiger partial charge < -0.3 is 14.7 Å². The van der Waals surface area contributed by atoms with Crippen molar-refractivity contribution in [3.8, 4) is 0 Å². The number of hydrogen-bond donors (Lipinski definition) is 1. The monoisotopic (exact) mass is 404 g/mol. The minimum absolute atomic E-state index is 0.143. The largest absolute Gasteiger partial charge is 0.371 e. The molecule has 29 heavy (non-hydrogen) atoms. The Kier molecular flexibility index (Phi) is 9.81. The predicted octanol–water partition coefficient (Wildman–Crippen LogP) is 1.93. The summed E-state index contributed by atoms with van der Waals surface area (Å²) in [5.41, 5.74) is 2.50. The Balaban J connectivity index is 0.00000204. The highest BCUT2D eigenvalue weighted by Crippen LogP contribution is 2.26. The van der Waals surface area contributed by atoms with Gasteiger partial charge in [0.05, 0.1) is 0 Å². The van der Waals surface area contributed by atoms with E-state index < -0.39 is 6.04 Å². The molecule has 1 N–H and O–H groups in total. The van der Waals surface area contributed by atoms with Gasteiger partial charge in [0.25, 0.3) is 5.91 Å². The lowest BCUT2D eigenvalue weighted by atomic mass is 10.0. The first-order valence-electron chi connectivity index (χ1n) is 10.4. The van der Waals surface area contributed by atoms with E-state index in [0.29, 0.717) is 18.5 Å². The third kappa shape index (κ3) is 6.29. The van der Waals surface area contributed by atoms with E-state index in [1.165, 1.54) is 0 Å². The molecule has 162 valence electrons. The Morgan fingerprint density at radius 2 is 1.90 bits per heavy atom. The van der Waals surface area contributed by atoms with Crippen LogP contribution < -0.4 is 5.32 Å². The molecule has 2 aliphatic rings. The van der Waals surface area contributed by atoms with Crippen LogP contribution in [0.3, 0.4) is 0 Å². The van der Waals surface area contributed by atoms with Gasteiger partial charge >= 0.3 is 0 Å². The molecule has 3 amide bonds. The Bertz CT molecular complexity index is 694. The highest BCUT2D eigenvalue weighted by Gasteiger charge is 2.38. The maximum absolute atomic E-state index is 12.7. The van der Waals surface area contributed by atoms with Gasteiger partial charge in [-0.15, -0.1) is 0 Å². The van der Waals surface area contributed by atoms with Gasteiger partial charge in [-0.25, -0.2) is 0 Å². The van der Waals surface area contributed by atoms with Crippen LogP contribution in [0.15, 0.2) is 35.6 Å². The summed E-state index contributed by atoms with van der Waals surface area (Å²) < 4.78 is 0. The van der Waals surface area contributed by atoms with Crippen molar-refractivity contribution in [1.82, 2.24) is 20.0 Å². The van der Waals surface area contributed by atoms with E-state index >= 15 is 0 Å². The predicted molar refractivity (Wildman–Crippen MR) is 116 cm³/mol. The lowest BCUT2D eigenvalue weighted by molar-refractivity contribution is -0.142. The standard InChI is InChI=1S/C20H30N4O3.C2H6/c1-6-16(23(7-2)11-10-22(4)5)12-15-13-24(20(27)14(15)3)17-8-9-18(25)21-19(17)26;1-2/h6,12,17H,1,7-11,13H2,2-5H3,(H,21,25,26);1-2H3/b16-12+;. The van der Waals surface area contributed by atoms with Crippen molar-refractivity contribution < 1.29 is 14.4 Å². The van der Waals surface area contributed by atoms with Crippen molar-refractivity contribution in [2.75, 3.05) is 40.3 Å². The summed E-state index contributed by atoms with van der Waals surface area (Å²) >= 11 is 0. The molecule has 1 unspecified atom stereocenters. The minimum atomic E-state index is -0.584. The van der Waals surface area contributed by atoms with Crippen molar-refractivity contribution in [3.05, 3.63) is 35.6 Å². The van der Waals surface area contributed by atoms with Crippen molar-refractivity contribution in [2.45, 2.75) is 46.6 Å². The molecule has 0 aromatic heterocycles. The van der Waals surface area contributed by atoms with Gasteiger partial charge in [0, 0.05) is 43.9 Å². The fraction of sp³-hybridized carbons (Fsp3) is 0.591. The highest BCUT2D eigenvalue weighted by atomic mass is 16.2. The second-order valence-corrected chi connectivity index (χ2v) is 7.21. The third-order valence-corrected chi connectivity index (χ3v) is 5.09. The Morgan fingerprint density at radius 3 is 2.41 bits per heavy atom. The summed E-state index contributed by atoms with van der Waals surface area (Å²) in [6.45, 7) is 14.8. The molecule has 0 aromatic carbocycles. The van der Waals surface area contributed by atoms with Gasteiger partial charge in [0.15, 0.2) is 0 Å². The average Bonchev–Trinajstić information content (AvgIpc) is 2.97. The molecule has 0 aliphatic carbocycles. The number of piperidine rings is 1. The van der Waals surface area contributed by atoms with E-state index in [2.05, 4.69) is 28.6 Å². The molecule has 0 spiro atoms. The smallest absolute Gasteiger partial charge is 0.250 e. The Morgan fingerprint density at radius 1 is 1.24 bits per heavy atom. The Hall–Kier alpha value is -2.41. The number of carbonyl (C=O) groups excluding carboxylic acids is 3. The average molecular weight is 405 g/mol. The van der Waals surface area contributed by atoms with Gasteiger partial charge in [0.1, 0.15) is 6.04 Å². The first kappa shape index (κ1) is 24.6. The molecule has 0 radical (unpaired) electrons. The van der Waals surface area contributed by atoms with Crippen molar-refractivity contribution >= 4 is 17.7 Å². The van der Waals surface area contributed by atoms with Crippen molar-refractivity contribution in [2.24, 2.45) is 0 Å². The molecule has 0 bridgehead atoms. The van der Waals surface area contributed by atoms with E-state index in [9.17, 15) is 14.4 Å². The van der Waals surface area contributed by atoms with Gasteiger partial charge in [-0.1, -0.05) is 20.4 Å². The second-order valence-electron chi connectivity index (χ2n) is 7.21. The number of nitrogens with one attached hydrogen (secondary N) is 1. The van der Waals surface area contributed by atoms with Crippen molar-refractivity contribution in [1.29, 1.82) is 0 Å². The molecule has 2 heterocycles. The molecular formula is C22H36N4O3. The van der Waals surface area contributed by atoms with Crippen LogP contribution in [0, 0.1) is 0 Å². The zero-order chi connectivity index (χ0) is 22.1. The molecule has 1 fully saturated rings. The second kappa shape index (κ2) is 11.6. The van der Waals surface area contributed by atoms with Crippen LogP contribution in [-0.2, 0) is 14.4 Å². The first-order chi connectivity index (χ1) is 13.8. The summed E-state index contributed by atoms with van der Waals surface area (Å²) in [7, 11) is 4.07. The molecule has 7 nitrogen and oxygen atoms in total. The highest BCUT2D eigenvalue weighted by molar-refractivity contribution is 6.05. The molecule has 7 heteroatoms. The third-order valence-electron chi connectivity index (χ3n) is 5.09. The van der Waals surface area contributed by atoms with Gasteiger partial charge in [-0.05, 0) is 52.1 Å². The number of allylic oxidation sites excluding steroid dienone is 1. The molecular weight excluding hydrogens is 368 g/mol. The number of hydrogen-bond acceptors (Lipinski definition) is 5. The van der Waals surface area contributed by atoms with Gasteiger partial charge in [-0.2, -0.15) is 0 Å². The number of carbonyl (C=O) groups is 3. The minimum Gasteiger partial charge on any atom is -0.371 e. The van der Waals surface area contributed by atoms with E-state index in [1.807, 2.05) is 34.0 Å². The maximum atomic E-state index is 12.7. The molecule has 2 aliphatic heterocycles. The lowest BCUT2D eigenvalue weighted by Crippen LogP contribution is -2.53. The van der Waals surface area contributed by atoms with E-state index in [-0.39, 0.29) is 24.1 Å². The van der Waals surface area contributed by atoms with Crippen molar-refractivity contribution in [3.63, 3.8) is 0 Å². The summed E-state index contributed by atoms with van der Waals surface area (Å²) in [5, 5.41) is 2.33. The number of likely N-dealkylation sites (N-methyl/N-ethyl adjacent to an activating group) is 2. The summed E-state index contributed by atoms with van der Waals surface area (Å²) in [6.07, 6.45) is 4.43. The number of imide groups is 1. The van der Waals surface area contributed by atoms with E-state index in [0.717, 1.165) is 30.9 Å². The van der Waals surface area contributed by atoms with Crippen LogP contribution in [0.4, 0.5) is 0 Å². The number of rotatable bonds is 8. The molecule has 2 rings (SSSR count). The Labute approximate surface area is 175 Å². The van der Waals surface area contributed by atoms with E-state index in [4.69, 9.17) is 0 Å². The van der Waals surface area contributed by atoms with Crippen LogP contribution in [0.1, 0.15) is 40.5 Å². The molecule has 1 saturated heterocycles. The SMILES string of the molecule is C=C/C(=C\C1=C(C)C(=O)N(C2CCC(=O)NC2=O)C1)N(CC)CCN(C)C.CC. The van der Waals surface area contributed by atoms with E-state index in [1.54, 1.807) is 17.9 Å². The normalized spacial score (nSPS) is 20.0. The summed E-state index contributed by atoms with van der Waals surface area (Å²) in [5.74, 6) is -0.806. The van der Waals surface area contributed by atoms with Crippen LogP contribution in [-0.4, -0.2) is 78.7 Å². The van der Waals surface area contributed by atoms with Crippen LogP contribution in [0.25, 0.3) is 0 Å². The maximum Gasteiger partial charge on any atom is 0.250 e. The molecule has 0 aromatic rings. The summed E-state index contributed by atoms with van der Waals surface area (Å²) in [4.78, 5) is 42.1. The zero-order valence-corrected chi connectivity index (χ0v) is 18.7. The zero-order valence-electron chi connectivity index (χ0n) is 18.7. The topological polar surface area (TPSA) is 73.0 Å². The molecule has 0 saturated carbocycles. The van der Waals surface area contributed by atoms with Crippen LogP contribution >= 0.6 is 0 Å². The first-order valence-corrected chi connectivity index (χ1v) is 10.4.